The lowest BCUT2D eigenvalue weighted by Gasteiger charge is -2.16. The molecule has 0 amide bonds. The molecule has 0 N–H and O–H groups in total. The minimum Gasteiger partial charge on any atom is -0.367 e. The highest BCUT2D eigenvalue weighted by atomic mass is 16.5. The Kier molecular flexibility index (Phi) is 3.06. The SMILES string of the molecule is Cc1nc(CN(C)c2ccc(C#N)cc2)no1. The molecule has 0 radical (unpaired) electrons. The minimum atomic E-state index is 0.563. The first-order chi connectivity index (χ1) is 8.19. The smallest absolute Gasteiger partial charge is 0.223 e. The van der Waals surface area contributed by atoms with Crippen molar-refractivity contribution in [3.8, 4) is 6.07 Å². The number of benzene rings is 1. The lowest BCUT2D eigenvalue weighted by atomic mass is 10.2. The molecule has 5 nitrogen and oxygen atoms in total. The highest BCUT2D eigenvalue weighted by Gasteiger charge is 2.07. The Morgan fingerprint density at radius 3 is 2.59 bits per heavy atom. The van der Waals surface area contributed by atoms with E-state index in [-0.39, 0.29) is 0 Å². The van der Waals surface area contributed by atoms with Crippen molar-refractivity contribution in [2.75, 3.05) is 11.9 Å². The summed E-state index contributed by atoms with van der Waals surface area (Å²) in [7, 11) is 1.94. The first-order valence-corrected chi connectivity index (χ1v) is 5.19. The van der Waals surface area contributed by atoms with E-state index >= 15 is 0 Å². The molecule has 1 aromatic carbocycles. The molecule has 0 saturated heterocycles. The molecule has 2 aromatic rings. The summed E-state index contributed by atoms with van der Waals surface area (Å²) >= 11 is 0. The summed E-state index contributed by atoms with van der Waals surface area (Å²) in [6.45, 7) is 2.33. The van der Waals surface area contributed by atoms with Gasteiger partial charge in [0.2, 0.25) is 5.89 Å². The quantitative estimate of drug-likeness (QED) is 0.802. The van der Waals surface area contributed by atoms with E-state index in [1.807, 2.05) is 24.1 Å². The van der Waals surface area contributed by atoms with E-state index in [1.165, 1.54) is 0 Å². The van der Waals surface area contributed by atoms with Crippen LogP contribution in [0.25, 0.3) is 0 Å². The number of nitrogens with zero attached hydrogens (tertiary/aromatic N) is 4. The van der Waals surface area contributed by atoms with Crippen LogP contribution >= 0.6 is 0 Å². The molecule has 0 atom stereocenters. The zero-order valence-electron chi connectivity index (χ0n) is 9.71. The van der Waals surface area contributed by atoms with Crippen molar-refractivity contribution in [2.24, 2.45) is 0 Å². The molecule has 0 saturated carbocycles. The monoisotopic (exact) mass is 228 g/mol. The van der Waals surface area contributed by atoms with Gasteiger partial charge in [-0.2, -0.15) is 10.2 Å². The largest absolute Gasteiger partial charge is 0.367 e. The average Bonchev–Trinajstić information content (AvgIpc) is 2.75. The number of nitriles is 1. The summed E-state index contributed by atoms with van der Waals surface area (Å²) in [5, 5.41) is 12.5. The molecule has 0 aliphatic heterocycles. The molecular formula is C12H12N4O. The van der Waals surface area contributed by atoms with E-state index in [4.69, 9.17) is 9.78 Å². The van der Waals surface area contributed by atoms with Gasteiger partial charge in [-0.1, -0.05) is 5.16 Å². The molecule has 0 aliphatic carbocycles. The van der Waals surface area contributed by atoms with Crippen LogP contribution in [0.3, 0.4) is 0 Å². The van der Waals surface area contributed by atoms with Crippen molar-refractivity contribution in [1.82, 2.24) is 10.1 Å². The molecule has 0 unspecified atom stereocenters. The van der Waals surface area contributed by atoms with Gasteiger partial charge >= 0.3 is 0 Å². The molecule has 86 valence electrons. The van der Waals surface area contributed by atoms with Crippen molar-refractivity contribution in [3.05, 3.63) is 41.5 Å². The maximum absolute atomic E-state index is 8.71. The van der Waals surface area contributed by atoms with Crippen LogP contribution in [-0.4, -0.2) is 17.2 Å². The van der Waals surface area contributed by atoms with Crippen LogP contribution in [0.1, 0.15) is 17.3 Å². The summed E-state index contributed by atoms with van der Waals surface area (Å²) in [6, 6.07) is 9.45. The fourth-order valence-electron chi connectivity index (χ4n) is 1.50. The van der Waals surface area contributed by atoms with Gasteiger partial charge in [0.25, 0.3) is 0 Å². The second kappa shape index (κ2) is 4.66. The Morgan fingerprint density at radius 1 is 1.35 bits per heavy atom. The second-order valence-corrected chi connectivity index (χ2v) is 3.74. The van der Waals surface area contributed by atoms with Gasteiger partial charge in [-0.3, -0.25) is 0 Å². The van der Waals surface area contributed by atoms with Crippen LogP contribution in [-0.2, 0) is 6.54 Å². The van der Waals surface area contributed by atoms with Crippen molar-refractivity contribution in [1.29, 1.82) is 5.26 Å². The highest BCUT2D eigenvalue weighted by molar-refractivity contribution is 5.48. The Bertz CT molecular complexity index is 538. The number of aromatic nitrogens is 2. The van der Waals surface area contributed by atoms with E-state index < -0.39 is 0 Å². The lowest BCUT2D eigenvalue weighted by molar-refractivity contribution is 0.387. The topological polar surface area (TPSA) is 66.0 Å². The molecular weight excluding hydrogens is 216 g/mol. The molecule has 1 aromatic heterocycles. The number of hydrogen-bond acceptors (Lipinski definition) is 5. The predicted octanol–water partition coefficient (Wildman–Crippen LogP) is 1.89. The first-order valence-electron chi connectivity index (χ1n) is 5.19. The predicted molar refractivity (Wildman–Crippen MR) is 62.3 cm³/mol. The molecule has 0 bridgehead atoms. The maximum atomic E-state index is 8.71. The molecule has 0 fully saturated rings. The number of anilines is 1. The summed E-state index contributed by atoms with van der Waals surface area (Å²) in [4.78, 5) is 6.13. The van der Waals surface area contributed by atoms with E-state index in [9.17, 15) is 0 Å². The zero-order valence-corrected chi connectivity index (χ0v) is 9.71. The standard InChI is InChI=1S/C12H12N4O/c1-9-14-12(15-17-9)8-16(2)11-5-3-10(7-13)4-6-11/h3-6H,8H2,1-2H3. The van der Waals surface area contributed by atoms with Crippen LogP contribution in [0.2, 0.25) is 0 Å². The Labute approximate surface area is 99.3 Å². The second-order valence-electron chi connectivity index (χ2n) is 3.74. The summed E-state index contributed by atoms with van der Waals surface area (Å²) < 4.78 is 4.91. The van der Waals surface area contributed by atoms with Gasteiger partial charge in [0.05, 0.1) is 18.2 Å². The number of aryl methyl sites for hydroxylation is 1. The van der Waals surface area contributed by atoms with Crippen molar-refractivity contribution in [2.45, 2.75) is 13.5 Å². The fraction of sp³-hybridized carbons (Fsp3) is 0.250. The number of hydrogen-bond donors (Lipinski definition) is 0. The zero-order chi connectivity index (χ0) is 12.3. The van der Waals surface area contributed by atoms with E-state index in [0.717, 1.165) is 5.69 Å². The van der Waals surface area contributed by atoms with E-state index in [2.05, 4.69) is 16.2 Å². The highest BCUT2D eigenvalue weighted by Crippen LogP contribution is 2.15. The molecule has 0 aliphatic rings. The van der Waals surface area contributed by atoms with Gasteiger partial charge < -0.3 is 9.42 Å². The fourth-order valence-corrected chi connectivity index (χ4v) is 1.50. The summed E-state index contributed by atoms with van der Waals surface area (Å²) in [5.74, 6) is 1.21. The van der Waals surface area contributed by atoms with Gasteiger partial charge in [0.15, 0.2) is 5.82 Å². The van der Waals surface area contributed by atoms with Crippen LogP contribution in [0.4, 0.5) is 5.69 Å². The molecule has 0 spiro atoms. The van der Waals surface area contributed by atoms with E-state index in [0.29, 0.717) is 23.8 Å². The minimum absolute atomic E-state index is 0.563. The van der Waals surface area contributed by atoms with Crippen LogP contribution in [0.5, 0.6) is 0 Å². The molecule has 17 heavy (non-hydrogen) atoms. The van der Waals surface area contributed by atoms with Crippen LogP contribution in [0.15, 0.2) is 28.8 Å². The molecule has 1 heterocycles. The van der Waals surface area contributed by atoms with Gasteiger partial charge in [-0.15, -0.1) is 0 Å². The molecule has 5 heteroatoms. The van der Waals surface area contributed by atoms with Crippen molar-refractivity contribution < 1.29 is 4.52 Å². The summed E-state index contributed by atoms with van der Waals surface area (Å²) in [6.07, 6.45) is 0. The normalized spacial score (nSPS) is 9.94. The van der Waals surface area contributed by atoms with Gasteiger partial charge in [0, 0.05) is 19.7 Å². The van der Waals surface area contributed by atoms with Gasteiger partial charge in [-0.05, 0) is 24.3 Å². The van der Waals surface area contributed by atoms with Crippen molar-refractivity contribution in [3.63, 3.8) is 0 Å². The third-order valence-electron chi connectivity index (χ3n) is 2.39. The van der Waals surface area contributed by atoms with E-state index in [1.54, 1.807) is 19.1 Å². The Morgan fingerprint density at radius 2 is 2.06 bits per heavy atom. The van der Waals surface area contributed by atoms with Gasteiger partial charge in [0.1, 0.15) is 0 Å². The third kappa shape index (κ3) is 2.61. The third-order valence-corrected chi connectivity index (χ3v) is 2.39. The Balaban J connectivity index is 2.09. The lowest BCUT2D eigenvalue weighted by Crippen LogP contribution is -2.17. The summed E-state index contributed by atoms with van der Waals surface area (Å²) in [5.41, 5.74) is 1.66. The average molecular weight is 228 g/mol. The first kappa shape index (κ1) is 11.1. The number of rotatable bonds is 3. The Hall–Kier alpha value is -2.35. The van der Waals surface area contributed by atoms with Crippen LogP contribution in [0, 0.1) is 18.3 Å². The van der Waals surface area contributed by atoms with Crippen LogP contribution < -0.4 is 4.90 Å². The maximum Gasteiger partial charge on any atom is 0.223 e. The van der Waals surface area contributed by atoms with Gasteiger partial charge in [-0.25, -0.2) is 0 Å². The van der Waals surface area contributed by atoms with Crippen molar-refractivity contribution >= 4 is 5.69 Å². The molecule has 2 rings (SSSR count).